The lowest BCUT2D eigenvalue weighted by molar-refractivity contribution is -0.853. The summed E-state index contributed by atoms with van der Waals surface area (Å²) in [5, 5.41) is 18.8. The Hall–Kier alpha value is -3.01. The fraction of sp³-hybridized carbons (Fsp3) is 0.395. The van der Waals surface area contributed by atoms with Crippen molar-refractivity contribution in [1.29, 1.82) is 0 Å². The fourth-order valence-corrected chi connectivity index (χ4v) is 7.93. The number of hydrogen-bond donors (Lipinski definition) is 3. The molecule has 1 aromatic carbocycles. The summed E-state index contributed by atoms with van der Waals surface area (Å²) in [4.78, 5) is 6.07. The van der Waals surface area contributed by atoms with Gasteiger partial charge in [-0.2, -0.15) is 4.57 Å². The second-order valence-electron chi connectivity index (χ2n) is 11.9. The summed E-state index contributed by atoms with van der Waals surface area (Å²) in [6, 6.07) is 14.9. The number of allylic oxidation sites excluding steroid dienone is 9. The van der Waals surface area contributed by atoms with Crippen LogP contribution in [0.5, 0.6) is 0 Å². The van der Waals surface area contributed by atoms with E-state index in [1.165, 1.54) is 44.3 Å². The monoisotopic (exact) mass is 660 g/mol. The quantitative estimate of drug-likeness (QED) is 0.124. The summed E-state index contributed by atoms with van der Waals surface area (Å²) in [5.74, 6) is 2.18. The van der Waals surface area contributed by atoms with Crippen molar-refractivity contribution in [1.82, 2.24) is 4.90 Å². The number of quaternary nitrogens is 1. The van der Waals surface area contributed by atoms with Crippen LogP contribution in [-0.2, 0) is 6.54 Å². The van der Waals surface area contributed by atoms with E-state index in [-0.39, 0.29) is 13.2 Å². The lowest BCUT2D eigenvalue weighted by Gasteiger charge is -2.25. The maximum Gasteiger partial charge on any atom is 0.208 e. The van der Waals surface area contributed by atoms with Gasteiger partial charge in [0, 0.05) is 73.4 Å². The summed E-state index contributed by atoms with van der Waals surface area (Å²) >= 11 is 0. The van der Waals surface area contributed by atoms with Crippen molar-refractivity contribution in [2.24, 2.45) is 0 Å². The highest BCUT2D eigenvalue weighted by Gasteiger charge is 2.18. The van der Waals surface area contributed by atoms with Crippen molar-refractivity contribution in [2.45, 2.75) is 33.2 Å². The van der Waals surface area contributed by atoms with E-state index in [9.17, 15) is 10.2 Å². The molecule has 46 heavy (non-hydrogen) atoms. The van der Waals surface area contributed by atoms with Gasteiger partial charge in [0.25, 0.3) is 0 Å². The van der Waals surface area contributed by atoms with E-state index in [1.807, 2.05) is 39.9 Å². The van der Waals surface area contributed by atoms with Gasteiger partial charge in [0.15, 0.2) is 12.7 Å². The molecule has 0 bridgehead atoms. The van der Waals surface area contributed by atoms with E-state index in [4.69, 9.17) is 0 Å². The minimum absolute atomic E-state index is 0.130. The highest BCUT2D eigenvalue weighted by molar-refractivity contribution is 8.76. The van der Waals surface area contributed by atoms with E-state index in [1.54, 1.807) is 0 Å². The van der Waals surface area contributed by atoms with Gasteiger partial charge in [-0.3, -0.25) is 4.90 Å². The molecule has 2 aliphatic rings. The van der Waals surface area contributed by atoms with Crippen LogP contribution in [0.2, 0.25) is 0 Å². The van der Waals surface area contributed by atoms with E-state index in [0.717, 1.165) is 56.2 Å². The first-order valence-corrected chi connectivity index (χ1v) is 18.8. The third kappa shape index (κ3) is 10.8. The number of rotatable bonds is 17. The molecule has 3 N–H and O–H groups in total. The maximum absolute atomic E-state index is 9.43. The van der Waals surface area contributed by atoms with Crippen LogP contribution in [-0.4, -0.2) is 80.1 Å². The molecule has 0 spiro atoms. The Bertz CT molecular complexity index is 1460. The molecule has 1 aliphatic carbocycles. The fourth-order valence-electron chi connectivity index (χ4n) is 5.85. The van der Waals surface area contributed by atoms with Crippen molar-refractivity contribution in [2.75, 3.05) is 69.9 Å². The zero-order chi connectivity index (χ0) is 32.7. The zero-order valence-corrected chi connectivity index (χ0v) is 29.6. The van der Waals surface area contributed by atoms with Crippen LogP contribution >= 0.6 is 21.6 Å². The van der Waals surface area contributed by atoms with Crippen molar-refractivity contribution in [3.05, 3.63) is 119 Å². The molecule has 1 unspecified atom stereocenters. The Labute approximate surface area is 284 Å². The first-order chi connectivity index (χ1) is 22.4. The second kappa shape index (κ2) is 19.0. The molecular formula is C38H52N4O2S2+2. The molecule has 2 heterocycles. The highest BCUT2D eigenvalue weighted by Crippen LogP contribution is 2.26. The molecule has 0 fully saturated rings. The highest BCUT2D eigenvalue weighted by atomic mass is 33.1. The predicted octanol–water partition coefficient (Wildman–Crippen LogP) is 5.16. The number of nitrogens with zero attached hydrogens (tertiary/aromatic N) is 3. The molecule has 2 aromatic rings. The number of aliphatic hydroxyl groups excluding tert-OH is 2. The van der Waals surface area contributed by atoms with E-state index >= 15 is 0 Å². The van der Waals surface area contributed by atoms with Crippen LogP contribution in [0.25, 0.3) is 11.6 Å². The zero-order valence-electron chi connectivity index (χ0n) is 28.0. The summed E-state index contributed by atoms with van der Waals surface area (Å²) in [6.07, 6.45) is 19.7. The minimum atomic E-state index is 0.130. The summed E-state index contributed by atoms with van der Waals surface area (Å²) < 4.78 is 2.09. The molecule has 1 aromatic heterocycles. The van der Waals surface area contributed by atoms with Crippen LogP contribution < -0.4 is 14.4 Å². The van der Waals surface area contributed by atoms with Crippen molar-refractivity contribution in [3.8, 4) is 0 Å². The van der Waals surface area contributed by atoms with Gasteiger partial charge in [0.2, 0.25) is 5.69 Å². The first-order valence-electron chi connectivity index (χ1n) is 16.4. The standard InChI is InChI=1S/C38H51N4O2S2/c1-31(37-9-5-7-19-41(37)21-25-43)29-33-11-15-35(16-12-33)39(3)23-27-45-46-28-24-40(4)36-17-13-34(14-18-36)30-32(2)38-10-6-8-20-42(38)22-26-44/h5-13,15-17,19,29-30,43-44H,14,18,20-28H2,1-4H3/q+1/p+1/b32-30+. The number of nitrogens with one attached hydrogen (secondary N) is 1. The molecular weight excluding hydrogens is 609 g/mol. The van der Waals surface area contributed by atoms with Gasteiger partial charge >= 0.3 is 0 Å². The number of pyridine rings is 1. The molecule has 0 radical (unpaired) electrons. The Morgan fingerprint density at radius 3 is 2.33 bits per heavy atom. The second-order valence-corrected chi connectivity index (χ2v) is 14.6. The van der Waals surface area contributed by atoms with Crippen LogP contribution in [0.1, 0.15) is 37.9 Å². The number of aromatic nitrogens is 1. The number of aliphatic hydroxyl groups is 2. The van der Waals surface area contributed by atoms with E-state index in [0.29, 0.717) is 6.54 Å². The topological polar surface area (TPSA) is 55.3 Å². The van der Waals surface area contributed by atoms with Gasteiger partial charge in [-0.05, 0) is 80.3 Å². The number of anilines is 1. The molecule has 1 aliphatic heterocycles. The largest absolute Gasteiger partial charge is 0.390 e. The molecule has 8 heteroatoms. The molecule has 0 saturated carbocycles. The molecule has 0 amide bonds. The predicted molar refractivity (Wildman–Crippen MR) is 199 cm³/mol. The Balaban J connectivity index is 1.16. The van der Waals surface area contributed by atoms with Crippen LogP contribution in [0.4, 0.5) is 5.69 Å². The minimum Gasteiger partial charge on any atom is -0.390 e. The SMILES string of the molecule is C/C(=C\C1=CC=C(N(C)CCSSCCN(C)c2ccc(/C=C(\C)c3cccc[n+]3CCO)cc2)CC1)C1=CC=CC[NH+]1CCO. The Kier molecular flexibility index (Phi) is 14.8. The molecule has 6 nitrogen and oxygen atoms in total. The summed E-state index contributed by atoms with van der Waals surface area (Å²) in [6.45, 7) is 8.99. The number of benzene rings is 1. The number of hydrogen-bond acceptors (Lipinski definition) is 6. The molecule has 1 atom stereocenters. The lowest BCUT2D eigenvalue weighted by atomic mass is 9.98. The molecule has 246 valence electrons. The Morgan fingerprint density at radius 1 is 0.870 bits per heavy atom. The van der Waals surface area contributed by atoms with E-state index < -0.39 is 0 Å². The third-order valence-electron chi connectivity index (χ3n) is 8.54. The summed E-state index contributed by atoms with van der Waals surface area (Å²) in [5.41, 5.74) is 10.1. The van der Waals surface area contributed by atoms with Gasteiger partial charge < -0.3 is 20.0 Å². The van der Waals surface area contributed by atoms with Gasteiger partial charge in [-0.25, -0.2) is 0 Å². The van der Waals surface area contributed by atoms with Crippen LogP contribution in [0.3, 0.4) is 0 Å². The average molecular weight is 661 g/mol. The van der Waals surface area contributed by atoms with Crippen LogP contribution in [0.15, 0.2) is 108 Å². The maximum atomic E-state index is 9.43. The van der Waals surface area contributed by atoms with Gasteiger partial charge in [-0.1, -0.05) is 51.9 Å². The first kappa shape index (κ1) is 35.8. The summed E-state index contributed by atoms with van der Waals surface area (Å²) in [7, 11) is 8.30. The van der Waals surface area contributed by atoms with Gasteiger partial charge in [0.05, 0.1) is 6.61 Å². The lowest BCUT2D eigenvalue weighted by Crippen LogP contribution is -3.11. The molecule has 0 saturated heterocycles. The van der Waals surface area contributed by atoms with Crippen molar-refractivity contribution >= 4 is 38.9 Å². The van der Waals surface area contributed by atoms with Crippen molar-refractivity contribution < 1.29 is 19.7 Å². The van der Waals surface area contributed by atoms with Gasteiger partial charge in [-0.15, -0.1) is 0 Å². The van der Waals surface area contributed by atoms with E-state index in [2.05, 4.69) is 115 Å². The Morgan fingerprint density at radius 2 is 1.63 bits per heavy atom. The molecule has 4 rings (SSSR count). The normalized spacial score (nSPS) is 17.0. The van der Waals surface area contributed by atoms with Gasteiger partial charge in [0.1, 0.15) is 25.4 Å². The van der Waals surface area contributed by atoms with Crippen LogP contribution in [0, 0.1) is 0 Å². The average Bonchev–Trinajstić information content (AvgIpc) is 3.07. The third-order valence-corrected chi connectivity index (χ3v) is 10.9. The smallest absolute Gasteiger partial charge is 0.208 e. The van der Waals surface area contributed by atoms with Crippen molar-refractivity contribution in [3.63, 3.8) is 0 Å².